The molecule has 4 aromatic heterocycles. The predicted molar refractivity (Wildman–Crippen MR) is 167 cm³/mol. The number of likely N-dealkylation sites (tertiary alicyclic amines) is 1. The average Bonchev–Trinajstić information content (AvgIpc) is 3.76. The Hall–Kier alpha value is -4.00. The van der Waals surface area contributed by atoms with Crippen LogP contribution in [0.3, 0.4) is 0 Å². The first kappa shape index (κ1) is 25.3. The standard InChI is InChI=1S/C33H33N5S/c1-5-22(20-38-13-7-8-14-38)15-23(6-2)24-9-10-28-26(16-24)33(37-36-28)29-17-25-27(18-34-19-30(25)35-29)32-12-11-31(39-32)21(3)4/h5-6,9-12,15-19,35H,1,3,7-8,13-14,20H2,2,4H3,(H,36,37)/b22-15+,23-6+. The van der Waals surface area contributed by atoms with E-state index in [2.05, 4.69) is 88.6 Å². The molecule has 0 spiro atoms. The van der Waals surface area contributed by atoms with Crippen LogP contribution in [0.5, 0.6) is 0 Å². The van der Waals surface area contributed by atoms with Gasteiger partial charge in [0, 0.05) is 38.8 Å². The van der Waals surface area contributed by atoms with Crippen molar-refractivity contribution in [2.24, 2.45) is 0 Å². The van der Waals surface area contributed by atoms with E-state index in [1.807, 2.05) is 25.4 Å². The van der Waals surface area contributed by atoms with Gasteiger partial charge >= 0.3 is 0 Å². The molecule has 0 saturated carbocycles. The van der Waals surface area contributed by atoms with Crippen LogP contribution in [-0.4, -0.2) is 44.7 Å². The number of hydrogen-bond acceptors (Lipinski definition) is 4. The number of nitrogens with zero attached hydrogens (tertiary/aromatic N) is 3. The van der Waals surface area contributed by atoms with Gasteiger partial charge in [-0.1, -0.05) is 37.5 Å². The molecule has 5 aromatic rings. The lowest BCUT2D eigenvalue weighted by Gasteiger charge is -2.15. The Bertz CT molecular complexity index is 1750. The summed E-state index contributed by atoms with van der Waals surface area (Å²) in [5.74, 6) is 0. The normalized spacial score (nSPS) is 15.0. The number of benzene rings is 1. The highest BCUT2D eigenvalue weighted by Crippen LogP contribution is 2.38. The van der Waals surface area contributed by atoms with Gasteiger partial charge in [-0.2, -0.15) is 5.10 Å². The van der Waals surface area contributed by atoms with Crippen molar-refractivity contribution in [1.29, 1.82) is 0 Å². The molecule has 1 aromatic carbocycles. The topological polar surface area (TPSA) is 60.6 Å². The number of allylic oxidation sites excluding steroid dienone is 4. The quantitative estimate of drug-likeness (QED) is 0.197. The maximum Gasteiger partial charge on any atom is 0.116 e. The molecule has 6 rings (SSSR count). The van der Waals surface area contributed by atoms with Crippen molar-refractivity contribution < 1.29 is 0 Å². The number of thiophene rings is 1. The smallest absolute Gasteiger partial charge is 0.116 e. The number of H-pyrrole nitrogens is 2. The number of aromatic amines is 2. The molecule has 5 heterocycles. The minimum Gasteiger partial charge on any atom is -0.352 e. The van der Waals surface area contributed by atoms with Gasteiger partial charge < -0.3 is 4.98 Å². The summed E-state index contributed by atoms with van der Waals surface area (Å²) >= 11 is 1.75. The number of aromatic nitrogens is 4. The lowest BCUT2D eigenvalue weighted by atomic mass is 10.00. The van der Waals surface area contributed by atoms with Crippen LogP contribution in [0.1, 0.15) is 37.1 Å². The Kier molecular flexibility index (Phi) is 6.90. The van der Waals surface area contributed by atoms with Gasteiger partial charge in [0.25, 0.3) is 0 Å². The van der Waals surface area contributed by atoms with Crippen LogP contribution < -0.4 is 0 Å². The van der Waals surface area contributed by atoms with Gasteiger partial charge in [-0.15, -0.1) is 11.3 Å². The summed E-state index contributed by atoms with van der Waals surface area (Å²) < 4.78 is 0. The second-order valence-corrected chi connectivity index (χ2v) is 11.3. The summed E-state index contributed by atoms with van der Waals surface area (Å²) in [7, 11) is 0. The molecule has 5 nitrogen and oxygen atoms in total. The van der Waals surface area contributed by atoms with Crippen LogP contribution >= 0.6 is 11.3 Å². The van der Waals surface area contributed by atoms with E-state index in [9.17, 15) is 0 Å². The van der Waals surface area contributed by atoms with Crippen LogP contribution in [0.2, 0.25) is 0 Å². The van der Waals surface area contributed by atoms with Gasteiger partial charge in [0.1, 0.15) is 5.69 Å². The van der Waals surface area contributed by atoms with Gasteiger partial charge in [0.05, 0.1) is 22.9 Å². The van der Waals surface area contributed by atoms with Gasteiger partial charge in [-0.25, -0.2) is 0 Å². The molecule has 1 aliphatic rings. The van der Waals surface area contributed by atoms with Gasteiger partial charge in [0.2, 0.25) is 0 Å². The molecule has 6 heteroatoms. The number of hydrogen-bond donors (Lipinski definition) is 2. The van der Waals surface area contributed by atoms with Crippen LogP contribution in [0, 0.1) is 0 Å². The zero-order chi connectivity index (χ0) is 26.9. The zero-order valence-corrected chi connectivity index (χ0v) is 23.4. The molecule has 1 fully saturated rings. The van der Waals surface area contributed by atoms with E-state index in [0.29, 0.717) is 0 Å². The van der Waals surface area contributed by atoms with Crippen molar-refractivity contribution >= 4 is 44.3 Å². The lowest BCUT2D eigenvalue weighted by molar-refractivity contribution is 0.371. The highest BCUT2D eigenvalue weighted by molar-refractivity contribution is 7.16. The van der Waals surface area contributed by atoms with E-state index < -0.39 is 0 Å². The third-order valence-electron chi connectivity index (χ3n) is 7.51. The molecule has 0 amide bonds. The molecule has 2 N–H and O–H groups in total. The maximum atomic E-state index is 4.72. The Balaban J connectivity index is 1.37. The predicted octanol–water partition coefficient (Wildman–Crippen LogP) is 8.48. The fraction of sp³-hybridized carbons (Fsp3) is 0.212. The molecule has 0 unspecified atom stereocenters. The molecule has 1 aliphatic heterocycles. The molecule has 196 valence electrons. The summed E-state index contributed by atoms with van der Waals surface area (Å²) in [5.41, 5.74) is 9.67. The Labute approximate surface area is 233 Å². The van der Waals surface area contributed by atoms with Crippen molar-refractivity contribution in [3.05, 3.63) is 96.2 Å². The summed E-state index contributed by atoms with van der Waals surface area (Å²) in [6.45, 7) is 15.6. The SMILES string of the molecule is C=C/C(=C\C(=C/C)c1ccc2[nH]nc(-c3cc4c(-c5ccc(C(=C)C)s5)cncc4[nH]3)c2c1)CN1CCCC1. The van der Waals surface area contributed by atoms with E-state index in [1.165, 1.54) is 46.8 Å². The molecule has 0 radical (unpaired) electrons. The molecule has 0 bridgehead atoms. The second kappa shape index (κ2) is 10.6. The van der Waals surface area contributed by atoms with Crippen molar-refractivity contribution in [2.45, 2.75) is 26.7 Å². The number of fused-ring (bicyclic) bond motifs is 2. The largest absolute Gasteiger partial charge is 0.352 e. The monoisotopic (exact) mass is 531 g/mol. The molecule has 1 saturated heterocycles. The number of rotatable bonds is 8. The van der Waals surface area contributed by atoms with E-state index in [0.717, 1.165) is 56.4 Å². The van der Waals surface area contributed by atoms with Gasteiger partial charge in [-0.3, -0.25) is 15.0 Å². The fourth-order valence-electron chi connectivity index (χ4n) is 5.39. The van der Waals surface area contributed by atoms with Gasteiger partial charge in [0.15, 0.2) is 0 Å². The highest BCUT2D eigenvalue weighted by atomic mass is 32.1. The van der Waals surface area contributed by atoms with Crippen LogP contribution in [0.25, 0.3) is 54.8 Å². The maximum absolute atomic E-state index is 4.72. The zero-order valence-electron chi connectivity index (χ0n) is 22.6. The van der Waals surface area contributed by atoms with Crippen LogP contribution in [-0.2, 0) is 0 Å². The lowest BCUT2D eigenvalue weighted by Crippen LogP contribution is -2.21. The molecular formula is C33H33N5S. The minimum atomic E-state index is 0.906. The first-order chi connectivity index (χ1) is 19.0. The van der Waals surface area contributed by atoms with Crippen molar-refractivity contribution in [2.75, 3.05) is 19.6 Å². The average molecular weight is 532 g/mol. The van der Waals surface area contributed by atoms with Crippen molar-refractivity contribution in [3.63, 3.8) is 0 Å². The minimum absolute atomic E-state index is 0.906. The Morgan fingerprint density at radius 2 is 1.92 bits per heavy atom. The first-order valence-electron chi connectivity index (χ1n) is 13.5. The molecule has 0 aliphatic carbocycles. The second-order valence-electron chi connectivity index (χ2n) is 10.3. The fourth-order valence-corrected chi connectivity index (χ4v) is 6.34. The van der Waals surface area contributed by atoms with Crippen LogP contribution in [0.4, 0.5) is 0 Å². The van der Waals surface area contributed by atoms with E-state index in [1.54, 1.807) is 11.3 Å². The third-order valence-corrected chi connectivity index (χ3v) is 8.79. The highest BCUT2D eigenvalue weighted by Gasteiger charge is 2.16. The van der Waals surface area contributed by atoms with Crippen molar-refractivity contribution in [3.8, 4) is 21.8 Å². The van der Waals surface area contributed by atoms with E-state index in [-0.39, 0.29) is 0 Å². The van der Waals surface area contributed by atoms with Gasteiger partial charge in [-0.05, 0) is 92.4 Å². The molecular weight excluding hydrogens is 498 g/mol. The van der Waals surface area contributed by atoms with Crippen molar-refractivity contribution in [1.82, 2.24) is 25.1 Å². The Morgan fingerprint density at radius 3 is 2.67 bits per heavy atom. The summed E-state index contributed by atoms with van der Waals surface area (Å²) in [5, 5.41) is 10.2. The Morgan fingerprint density at radius 1 is 1.08 bits per heavy atom. The summed E-state index contributed by atoms with van der Waals surface area (Å²) in [6, 6.07) is 13.0. The number of pyridine rings is 1. The third kappa shape index (κ3) is 4.93. The van der Waals surface area contributed by atoms with E-state index in [4.69, 9.17) is 5.10 Å². The van der Waals surface area contributed by atoms with E-state index >= 15 is 0 Å². The summed E-state index contributed by atoms with van der Waals surface area (Å²) in [6.07, 6.45) is 12.8. The molecule has 39 heavy (non-hydrogen) atoms. The first-order valence-corrected chi connectivity index (χ1v) is 14.3. The number of nitrogens with one attached hydrogen (secondary N) is 2. The van der Waals surface area contributed by atoms with Crippen LogP contribution in [0.15, 0.2) is 85.8 Å². The molecule has 0 atom stereocenters. The summed E-state index contributed by atoms with van der Waals surface area (Å²) in [4.78, 5) is 13.0.